The van der Waals surface area contributed by atoms with Gasteiger partial charge in [0.25, 0.3) is 5.91 Å². The van der Waals surface area contributed by atoms with Crippen molar-refractivity contribution in [3.05, 3.63) is 70.8 Å². The summed E-state index contributed by atoms with van der Waals surface area (Å²) < 4.78 is 22.9. The molecule has 0 N–H and O–H groups in total. The first kappa shape index (κ1) is 15.7. The number of hydrogen-bond donors (Lipinski definition) is 0. The first-order valence-corrected chi connectivity index (χ1v) is 9.61. The summed E-state index contributed by atoms with van der Waals surface area (Å²) in [5.41, 5.74) is 3.67. The molecule has 3 rings (SSSR count). The molecule has 5 heteroatoms. The molecule has 0 aromatic heterocycles. The molecule has 0 bridgehead atoms. The summed E-state index contributed by atoms with van der Waals surface area (Å²) in [5.74, 6) is -0.0911. The van der Waals surface area contributed by atoms with Gasteiger partial charge in [-0.15, -0.1) is 0 Å². The Kier molecular flexibility index (Phi) is 4.22. The van der Waals surface area contributed by atoms with Crippen molar-refractivity contribution in [3.63, 3.8) is 0 Å². The molecule has 23 heavy (non-hydrogen) atoms. The monoisotopic (exact) mass is 329 g/mol. The second-order valence-electron chi connectivity index (χ2n) is 6.02. The Balaban J connectivity index is 1.80. The number of carbonyl (C=O) groups excluding carboxylic acids is 1. The number of amides is 1. The van der Waals surface area contributed by atoms with E-state index in [4.69, 9.17) is 0 Å². The van der Waals surface area contributed by atoms with Crippen molar-refractivity contribution >= 4 is 15.7 Å². The first-order valence-electron chi connectivity index (χ1n) is 7.55. The minimum absolute atomic E-state index is 0.0447. The zero-order valence-corrected chi connectivity index (χ0v) is 13.8. The zero-order valence-electron chi connectivity index (χ0n) is 13.0. The largest absolute Gasteiger partial charge is 0.334 e. The molecule has 1 amide bonds. The molecule has 2 aromatic rings. The number of benzene rings is 2. The van der Waals surface area contributed by atoms with Gasteiger partial charge in [-0.25, -0.2) is 8.42 Å². The summed E-state index contributed by atoms with van der Waals surface area (Å²) >= 11 is 0. The lowest BCUT2D eigenvalue weighted by Gasteiger charge is -2.29. The Morgan fingerprint density at radius 1 is 1.09 bits per heavy atom. The summed E-state index contributed by atoms with van der Waals surface area (Å²) in [5, 5.41) is 0. The van der Waals surface area contributed by atoms with Crippen LogP contribution in [0, 0.1) is 0 Å². The van der Waals surface area contributed by atoms with E-state index in [-0.39, 0.29) is 11.7 Å². The maximum Gasteiger partial charge on any atom is 0.254 e. The fourth-order valence-electron chi connectivity index (χ4n) is 2.95. The maximum atomic E-state index is 12.7. The van der Waals surface area contributed by atoms with Gasteiger partial charge in [0.1, 0.15) is 0 Å². The number of rotatable bonds is 3. The lowest BCUT2D eigenvalue weighted by Crippen LogP contribution is -2.35. The number of carbonyl (C=O) groups is 1. The SMILES string of the molecule is CS(=O)(=O)Cc1cccc(C(=O)N2CCc3ccccc3C2)c1. The molecule has 0 fully saturated rings. The Bertz CT molecular complexity index is 843. The van der Waals surface area contributed by atoms with E-state index in [1.165, 1.54) is 17.4 Å². The standard InChI is InChI=1S/C18H19NO3S/c1-23(21,22)13-14-5-4-8-16(11-14)18(20)19-10-9-15-6-2-3-7-17(15)12-19/h2-8,11H,9-10,12-13H2,1H3. The van der Waals surface area contributed by atoms with Crippen molar-refractivity contribution in [2.75, 3.05) is 12.8 Å². The van der Waals surface area contributed by atoms with Crippen molar-refractivity contribution in [2.24, 2.45) is 0 Å². The lowest BCUT2D eigenvalue weighted by atomic mass is 9.99. The van der Waals surface area contributed by atoms with Crippen molar-refractivity contribution in [1.29, 1.82) is 0 Å². The Morgan fingerprint density at radius 3 is 2.57 bits per heavy atom. The molecule has 0 spiro atoms. The molecule has 0 radical (unpaired) electrons. The van der Waals surface area contributed by atoms with Gasteiger partial charge >= 0.3 is 0 Å². The van der Waals surface area contributed by atoms with Gasteiger partial charge in [-0.2, -0.15) is 0 Å². The smallest absolute Gasteiger partial charge is 0.254 e. The van der Waals surface area contributed by atoms with E-state index in [9.17, 15) is 13.2 Å². The molecule has 1 aliphatic rings. The molecule has 0 saturated carbocycles. The van der Waals surface area contributed by atoms with Gasteiger partial charge in [0, 0.05) is 24.9 Å². The highest BCUT2D eigenvalue weighted by atomic mass is 32.2. The van der Waals surface area contributed by atoms with Crippen molar-refractivity contribution in [2.45, 2.75) is 18.7 Å². The maximum absolute atomic E-state index is 12.7. The van der Waals surface area contributed by atoms with Crippen LogP contribution >= 0.6 is 0 Å². The van der Waals surface area contributed by atoms with Crippen LogP contribution in [0.4, 0.5) is 0 Å². The average Bonchev–Trinajstić information content (AvgIpc) is 2.52. The van der Waals surface area contributed by atoms with Crippen LogP contribution < -0.4 is 0 Å². The van der Waals surface area contributed by atoms with Gasteiger partial charge < -0.3 is 4.90 Å². The highest BCUT2D eigenvalue weighted by molar-refractivity contribution is 7.89. The molecule has 1 aliphatic heterocycles. The van der Waals surface area contributed by atoms with Crippen molar-refractivity contribution < 1.29 is 13.2 Å². The second-order valence-corrected chi connectivity index (χ2v) is 8.16. The summed E-state index contributed by atoms with van der Waals surface area (Å²) in [6.45, 7) is 1.29. The normalized spacial score (nSPS) is 14.4. The summed E-state index contributed by atoms with van der Waals surface area (Å²) in [6.07, 6.45) is 2.05. The van der Waals surface area contributed by atoms with E-state index in [1.807, 2.05) is 17.0 Å². The molecule has 2 aromatic carbocycles. The number of sulfone groups is 1. The Labute approximate surface area is 136 Å². The summed E-state index contributed by atoms with van der Waals surface area (Å²) in [4.78, 5) is 14.5. The van der Waals surface area contributed by atoms with Crippen LogP contribution in [0.25, 0.3) is 0 Å². The molecular formula is C18H19NO3S. The Hall–Kier alpha value is -2.14. The quantitative estimate of drug-likeness (QED) is 0.869. The average molecular weight is 329 g/mol. The van der Waals surface area contributed by atoms with Gasteiger partial charge in [-0.05, 0) is 35.2 Å². The molecule has 120 valence electrons. The van der Waals surface area contributed by atoms with Gasteiger partial charge in [-0.1, -0.05) is 36.4 Å². The van der Waals surface area contributed by atoms with E-state index < -0.39 is 9.84 Å². The number of hydrogen-bond acceptors (Lipinski definition) is 3. The highest BCUT2D eigenvalue weighted by Gasteiger charge is 2.21. The predicted octanol–water partition coefficient (Wildman–Crippen LogP) is 2.43. The third kappa shape index (κ3) is 3.79. The van der Waals surface area contributed by atoms with Crippen LogP contribution in [-0.4, -0.2) is 32.0 Å². The molecular weight excluding hydrogens is 310 g/mol. The summed E-state index contributed by atoms with van der Waals surface area (Å²) in [7, 11) is -3.11. The van der Waals surface area contributed by atoms with E-state index in [1.54, 1.807) is 24.3 Å². The van der Waals surface area contributed by atoms with Gasteiger partial charge in [0.15, 0.2) is 9.84 Å². The minimum Gasteiger partial charge on any atom is -0.334 e. The fraction of sp³-hybridized carbons (Fsp3) is 0.278. The minimum atomic E-state index is -3.11. The number of nitrogens with zero attached hydrogens (tertiary/aromatic N) is 1. The van der Waals surface area contributed by atoms with Gasteiger partial charge in [0.05, 0.1) is 5.75 Å². The third-order valence-corrected chi connectivity index (χ3v) is 4.88. The fourth-order valence-corrected chi connectivity index (χ4v) is 3.73. The molecule has 4 nitrogen and oxygen atoms in total. The topological polar surface area (TPSA) is 54.5 Å². The first-order chi connectivity index (χ1) is 10.9. The molecule has 0 aliphatic carbocycles. The van der Waals surface area contributed by atoms with Crippen LogP contribution in [0.15, 0.2) is 48.5 Å². The van der Waals surface area contributed by atoms with E-state index in [0.29, 0.717) is 24.2 Å². The number of fused-ring (bicyclic) bond motifs is 1. The van der Waals surface area contributed by atoms with E-state index >= 15 is 0 Å². The lowest BCUT2D eigenvalue weighted by molar-refractivity contribution is 0.0734. The van der Waals surface area contributed by atoms with Crippen LogP contribution in [0.2, 0.25) is 0 Å². The molecule has 0 saturated heterocycles. The molecule has 1 heterocycles. The molecule has 0 unspecified atom stereocenters. The summed E-state index contributed by atoms with van der Waals surface area (Å²) in [6, 6.07) is 15.1. The van der Waals surface area contributed by atoms with Crippen LogP contribution in [0.3, 0.4) is 0 Å². The predicted molar refractivity (Wildman–Crippen MR) is 89.9 cm³/mol. The van der Waals surface area contributed by atoms with Crippen molar-refractivity contribution in [1.82, 2.24) is 4.90 Å². The van der Waals surface area contributed by atoms with Crippen molar-refractivity contribution in [3.8, 4) is 0 Å². The van der Waals surface area contributed by atoms with Gasteiger partial charge in [-0.3, -0.25) is 4.79 Å². The van der Waals surface area contributed by atoms with Crippen LogP contribution in [-0.2, 0) is 28.6 Å². The third-order valence-electron chi connectivity index (χ3n) is 4.02. The van der Waals surface area contributed by atoms with Gasteiger partial charge in [0.2, 0.25) is 0 Å². The second kappa shape index (κ2) is 6.16. The van der Waals surface area contributed by atoms with Crippen LogP contribution in [0.5, 0.6) is 0 Å². The molecule has 0 atom stereocenters. The van der Waals surface area contributed by atoms with E-state index in [2.05, 4.69) is 12.1 Å². The van der Waals surface area contributed by atoms with Crippen LogP contribution in [0.1, 0.15) is 27.0 Å². The zero-order chi connectivity index (χ0) is 16.4. The van der Waals surface area contributed by atoms with E-state index in [0.717, 1.165) is 6.42 Å². The highest BCUT2D eigenvalue weighted by Crippen LogP contribution is 2.20. The Morgan fingerprint density at radius 2 is 1.83 bits per heavy atom.